The van der Waals surface area contributed by atoms with Crippen LogP contribution in [0.2, 0.25) is 0 Å². The summed E-state index contributed by atoms with van der Waals surface area (Å²) in [5.74, 6) is -0.317. The van der Waals surface area contributed by atoms with Crippen molar-refractivity contribution in [3.05, 3.63) is 59.2 Å². The fourth-order valence-electron chi connectivity index (χ4n) is 3.18. The number of anilines is 1. The Bertz CT molecular complexity index is 1050. The molecule has 9 heteroatoms. The molecule has 1 aliphatic heterocycles. The standard InChI is InChI=1S/C20H24N4O4S/c1-14-12-15(8-9-17(14)24-11-10-21-20(24)26)19(25)22-13-16-6-4-5-7-18(16)29(27,28)23(2)3/h4-9,12H,10-11,13H2,1-3H3,(H,21,26)(H,22,25). The summed E-state index contributed by atoms with van der Waals surface area (Å²) in [6.45, 7) is 3.10. The van der Waals surface area contributed by atoms with Gasteiger partial charge in [-0.15, -0.1) is 0 Å². The van der Waals surface area contributed by atoms with E-state index in [1.54, 1.807) is 41.3 Å². The van der Waals surface area contributed by atoms with Crippen LogP contribution in [-0.4, -0.2) is 51.8 Å². The van der Waals surface area contributed by atoms with E-state index in [-0.39, 0.29) is 23.4 Å². The van der Waals surface area contributed by atoms with Crippen molar-refractivity contribution in [3.8, 4) is 0 Å². The Morgan fingerprint density at radius 1 is 1.21 bits per heavy atom. The van der Waals surface area contributed by atoms with E-state index in [1.807, 2.05) is 6.92 Å². The van der Waals surface area contributed by atoms with Gasteiger partial charge in [0.05, 0.1) is 4.90 Å². The molecule has 0 saturated carbocycles. The van der Waals surface area contributed by atoms with E-state index < -0.39 is 10.0 Å². The van der Waals surface area contributed by atoms with Crippen molar-refractivity contribution in [2.45, 2.75) is 18.4 Å². The van der Waals surface area contributed by atoms with Gasteiger partial charge in [0.15, 0.2) is 0 Å². The van der Waals surface area contributed by atoms with Crippen molar-refractivity contribution in [2.75, 3.05) is 32.1 Å². The summed E-state index contributed by atoms with van der Waals surface area (Å²) in [7, 11) is -0.673. The lowest BCUT2D eigenvalue weighted by Crippen LogP contribution is -2.29. The molecule has 0 aliphatic carbocycles. The highest BCUT2D eigenvalue weighted by Gasteiger charge is 2.23. The van der Waals surface area contributed by atoms with Crippen LogP contribution in [0.3, 0.4) is 0 Å². The Morgan fingerprint density at radius 2 is 1.93 bits per heavy atom. The van der Waals surface area contributed by atoms with Crippen LogP contribution in [0.25, 0.3) is 0 Å². The Labute approximate surface area is 170 Å². The van der Waals surface area contributed by atoms with Crippen LogP contribution < -0.4 is 15.5 Å². The molecule has 0 bridgehead atoms. The van der Waals surface area contributed by atoms with Gasteiger partial charge in [-0.25, -0.2) is 17.5 Å². The van der Waals surface area contributed by atoms with Gasteiger partial charge in [-0.1, -0.05) is 18.2 Å². The van der Waals surface area contributed by atoms with Gasteiger partial charge in [-0.3, -0.25) is 9.69 Å². The van der Waals surface area contributed by atoms with E-state index >= 15 is 0 Å². The molecule has 3 amide bonds. The van der Waals surface area contributed by atoms with Crippen molar-refractivity contribution in [1.82, 2.24) is 14.9 Å². The smallest absolute Gasteiger partial charge is 0.322 e. The number of nitrogens with zero attached hydrogens (tertiary/aromatic N) is 2. The summed E-state index contributed by atoms with van der Waals surface area (Å²) in [4.78, 5) is 26.2. The summed E-state index contributed by atoms with van der Waals surface area (Å²) in [5.41, 5.74) is 2.53. The van der Waals surface area contributed by atoms with Crippen LogP contribution in [0.4, 0.5) is 10.5 Å². The van der Waals surface area contributed by atoms with E-state index in [2.05, 4.69) is 10.6 Å². The lowest BCUT2D eigenvalue weighted by atomic mass is 10.1. The maximum Gasteiger partial charge on any atom is 0.322 e. The normalized spacial score (nSPS) is 14.2. The van der Waals surface area contributed by atoms with Crippen LogP contribution in [-0.2, 0) is 16.6 Å². The number of amides is 3. The van der Waals surface area contributed by atoms with E-state index in [0.717, 1.165) is 15.6 Å². The van der Waals surface area contributed by atoms with Crippen molar-refractivity contribution >= 4 is 27.6 Å². The number of urea groups is 1. The molecule has 1 fully saturated rings. The predicted molar refractivity (Wildman–Crippen MR) is 110 cm³/mol. The van der Waals surface area contributed by atoms with Gasteiger partial charge in [-0.2, -0.15) is 0 Å². The first-order valence-corrected chi connectivity index (χ1v) is 10.6. The average molecular weight is 417 g/mol. The number of hydrogen-bond donors (Lipinski definition) is 2. The van der Waals surface area contributed by atoms with E-state index in [1.165, 1.54) is 20.2 Å². The first kappa shape index (κ1) is 20.8. The van der Waals surface area contributed by atoms with Gasteiger partial charge < -0.3 is 10.6 Å². The number of aryl methyl sites for hydroxylation is 1. The third kappa shape index (κ3) is 4.25. The number of hydrogen-bond acceptors (Lipinski definition) is 4. The quantitative estimate of drug-likeness (QED) is 0.749. The van der Waals surface area contributed by atoms with Crippen LogP contribution >= 0.6 is 0 Å². The zero-order valence-electron chi connectivity index (χ0n) is 16.6. The van der Waals surface area contributed by atoms with E-state index in [0.29, 0.717) is 24.2 Å². The second-order valence-electron chi connectivity index (χ2n) is 6.96. The van der Waals surface area contributed by atoms with Crippen LogP contribution in [0, 0.1) is 6.92 Å². The van der Waals surface area contributed by atoms with Gasteiger partial charge >= 0.3 is 6.03 Å². The highest BCUT2D eigenvalue weighted by molar-refractivity contribution is 7.89. The van der Waals surface area contributed by atoms with Crippen LogP contribution in [0.1, 0.15) is 21.5 Å². The molecule has 0 atom stereocenters. The first-order valence-electron chi connectivity index (χ1n) is 9.16. The minimum atomic E-state index is -3.61. The highest BCUT2D eigenvalue weighted by Crippen LogP contribution is 2.23. The number of carbonyl (C=O) groups excluding carboxylic acids is 2. The summed E-state index contributed by atoms with van der Waals surface area (Å²) >= 11 is 0. The highest BCUT2D eigenvalue weighted by atomic mass is 32.2. The zero-order chi connectivity index (χ0) is 21.2. The molecule has 2 N–H and O–H groups in total. The first-order chi connectivity index (χ1) is 13.7. The summed E-state index contributed by atoms with van der Waals surface area (Å²) in [6, 6.07) is 11.6. The molecule has 0 aromatic heterocycles. The summed E-state index contributed by atoms with van der Waals surface area (Å²) in [5, 5.41) is 5.53. The number of rotatable bonds is 6. The van der Waals surface area contributed by atoms with Crippen LogP contribution in [0.5, 0.6) is 0 Å². The zero-order valence-corrected chi connectivity index (χ0v) is 17.4. The molecular formula is C20H24N4O4S. The molecule has 154 valence electrons. The van der Waals surface area contributed by atoms with Gasteiger partial charge in [0, 0.05) is 45.0 Å². The maximum absolute atomic E-state index is 12.6. The predicted octanol–water partition coefficient (Wildman–Crippen LogP) is 1.70. The fourth-order valence-corrected chi connectivity index (χ4v) is 4.29. The molecule has 0 spiro atoms. The Kier molecular flexibility index (Phi) is 5.90. The Balaban J connectivity index is 1.76. The Hall–Kier alpha value is -2.91. The molecule has 2 aromatic carbocycles. The summed E-state index contributed by atoms with van der Waals surface area (Å²) < 4.78 is 26.1. The van der Waals surface area contributed by atoms with Crippen molar-refractivity contribution < 1.29 is 18.0 Å². The lowest BCUT2D eigenvalue weighted by molar-refractivity contribution is 0.0950. The maximum atomic E-state index is 12.6. The number of carbonyl (C=O) groups is 2. The van der Waals surface area contributed by atoms with Gasteiger partial charge in [-0.05, 0) is 42.3 Å². The number of benzene rings is 2. The SMILES string of the molecule is Cc1cc(C(=O)NCc2ccccc2S(=O)(=O)N(C)C)ccc1N1CCNC1=O. The molecule has 0 unspecified atom stereocenters. The molecule has 3 rings (SSSR count). The number of nitrogens with one attached hydrogen (secondary N) is 2. The minimum absolute atomic E-state index is 0.0808. The molecule has 29 heavy (non-hydrogen) atoms. The lowest BCUT2D eigenvalue weighted by Gasteiger charge is -2.18. The van der Waals surface area contributed by atoms with Gasteiger partial charge in [0.1, 0.15) is 0 Å². The average Bonchev–Trinajstić information content (AvgIpc) is 3.11. The van der Waals surface area contributed by atoms with E-state index in [9.17, 15) is 18.0 Å². The Morgan fingerprint density at radius 3 is 2.55 bits per heavy atom. The summed E-state index contributed by atoms with van der Waals surface area (Å²) in [6.07, 6.45) is 0. The molecule has 0 radical (unpaired) electrons. The fraction of sp³-hybridized carbons (Fsp3) is 0.300. The topological polar surface area (TPSA) is 98.8 Å². The third-order valence-electron chi connectivity index (χ3n) is 4.78. The molecular weight excluding hydrogens is 392 g/mol. The minimum Gasteiger partial charge on any atom is -0.348 e. The largest absolute Gasteiger partial charge is 0.348 e. The third-order valence-corrected chi connectivity index (χ3v) is 6.69. The molecule has 1 aliphatic rings. The van der Waals surface area contributed by atoms with Crippen molar-refractivity contribution in [1.29, 1.82) is 0 Å². The van der Waals surface area contributed by atoms with Gasteiger partial charge in [0.2, 0.25) is 10.0 Å². The molecule has 8 nitrogen and oxygen atoms in total. The van der Waals surface area contributed by atoms with Gasteiger partial charge in [0.25, 0.3) is 5.91 Å². The molecule has 1 saturated heterocycles. The second-order valence-corrected chi connectivity index (χ2v) is 9.08. The second kappa shape index (κ2) is 8.22. The monoisotopic (exact) mass is 416 g/mol. The molecule has 1 heterocycles. The van der Waals surface area contributed by atoms with Crippen molar-refractivity contribution in [2.24, 2.45) is 0 Å². The molecule has 2 aromatic rings. The van der Waals surface area contributed by atoms with E-state index in [4.69, 9.17) is 0 Å². The van der Waals surface area contributed by atoms with Crippen molar-refractivity contribution in [3.63, 3.8) is 0 Å². The van der Waals surface area contributed by atoms with Crippen LogP contribution in [0.15, 0.2) is 47.4 Å². The number of sulfonamides is 1.